The predicted molar refractivity (Wildman–Crippen MR) is 69.7 cm³/mol. The number of aromatic nitrogens is 1. The molecule has 0 aliphatic carbocycles. The van der Waals surface area contributed by atoms with Crippen molar-refractivity contribution in [2.24, 2.45) is 5.73 Å². The first kappa shape index (κ1) is 14.1. The second-order valence-corrected chi connectivity index (χ2v) is 4.45. The molecule has 0 radical (unpaired) electrons. The van der Waals surface area contributed by atoms with E-state index in [9.17, 15) is 0 Å². The molecule has 2 unspecified atom stereocenters. The fourth-order valence-corrected chi connectivity index (χ4v) is 1.81. The van der Waals surface area contributed by atoms with E-state index in [-0.39, 0.29) is 12.6 Å². The highest BCUT2D eigenvalue weighted by Gasteiger charge is 2.12. The third kappa shape index (κ3) is 4.81. The molecule has 0 amide bonds. The van der Waals surface area contributed by atoms with Crippen LogP contribution in [0, 0.1) is 6.92 Å². The Bertz CT molecular complexity index is 313. The van der Waals surface area contributed by atoms with E-state index >= 15 is 0 Å². The molecule has 4 nitrogen and oxygen atoms in total. The van der Waals surface area contributed by atoms with Gasteiger partial charge in [-0.3, -0.25) is 4.98 Å². The van der Waals surface area contributed by atoms with Gasteiger partial charge in [0.15, 0.2) is 0 Å². The van der Waals surface area contributed by atoms with Crippen molar-refractivity contribution in [1.82, 2.24) is 10.3 Å². The number of aliphatic hydroxyl groups is 1. The number of aliphatic hydroxyl groups excluding tert-OH is 1. The van der Waals surface area contributed by atoms with Crippen LogP contribution < -0.4 is 11.1 Å². The molecular formula is C13H23N3O. The maximum atomic E-state index is 8.79. The molecule has 0 saturated carbocycles. The predicted octanol–water partition coefficient (Wildman–Crippen LogP) is 1.14. The Morgan fingerprint density at radius 2 is 2.24 bits per heavy atom. The van der Waals surface area contributed by atoms with Crippen molar-refractivity contribution in [3.8, 4) is 0 Å². The van der Waals surface area contributed by atoms with Crippen LogP contribution in [0.4, 0.5) is 0 Å². The quantitative estimate of drug-likeness (QED) is 0.665. The van der Waals surface area contributed by atoms with E-state index in [1.54, 1.807) is 0 Å². The minimum atomic E-state index is 0.136. The van der Waals surface area contributed by atoms with Crippen molar-refractivity contribution in [1.29, 1.82) is 0 Å². The molecule has 1 rings (SSSR count). The molecule has 0 spiro atoms. The molecule has 1 aromatic rings. The standard InChI is InChI=1S/C13H23N3O/c1-10-5-6-12(9-15-10)13(8-14)16-11(2)4-3-7-17/h5-6,9,11,13,16-17H,3-4,7-8,14H2,1-2H3. The van der Waals surface area contributed by atoms with Crippen molar-refractivity contribution in [3.05, 3.63) is 29.6 Å². The van der Waals surface area contributed by atoms with E-state index in [0.29, 0.717) is 12.6 Å². The van der Waals surface area contributed by atoms with Crippen LogP contribution in [0.1, 0.15) is 37.1 Å². The van der Waals surface area contributed by atoms with Gasteiger partial charge < -0.3 is 16.2 Å². The van der Waals surface area contributed by atoms with Gasteiger partial charge in [-0.25, -0.2) is 0 Å². The fourth-order valence-electron chi connectivity index (χ4n) is 1.81. The largest absolute Gasteiger partial charge is 0.396 e. The van der Waals surface area contributed by atoms with Crippen LogP contribution in [0.5, 0.6) is 0 Å². The van der Waals surface area contributed by atoms with Crippen LogP contribution in [0.15, 0.2) is 18.3 Å². The number of pyridine rings is 1. The minimum Gasteiger partial charge on any atom is -0.396 e. The molecule has 0 aromatic carbocycles. The molecular weight excluding hydrogens is 214 g/mol. The Morgan fingerprint density at radius 3 is 2.76 bits per heavy atom. The van der Waals surface area contributed by atoms with Crippen molar-refractivity contribution in [2.75, 3.05) is 13.2 Å². The highest BCUT2D eigenvalue weighted by molar-refractivity contribution is 5.17. The minimum absolute atomic E-state index is 0.136. The lowest BCUT2D eigenvalue weighted by Crippen LogP contribution is -2.35. The summed E-state index contributed by atoms with van der Waals surface area (Å²) < 4.78 is 0. The molecule has 0 saturated heterocycles. The maximum Gasteiger partial charge on any atom is 0.0461 e. The normalized spacial score (nSPS) is 14.6. The molecule has 0 bridgehead atoms. The van der Waals surface area contributed by atoms with Gasteiger partial charge in [-0.15, -0.1) is 0 Å². The van der Waals surface area contributed by atoms with Gasteiger partial charge in [0.05, 0.1) is 0 Å². The average Bonchev–Trinajstić information content (AvgIpc) is 2.34. The zero-order valence-corrected chi connectivity index (χ0v) is 10.7. The Morgan fingerprint density at radius 1 is 1.47 bits per heavy atom. The number of nitrogens with two attached hydrogens (primary N) is 1. The molecule has 17 heavy (non-hydrogen) atoms. The Kier molecular flexibility index (Phi) is 6.11. The summed E-state index contributed by atoms with van der Waals surface area (Å²) in [5.41, 5.74) is 7.91. The number of nitrogens with zero attached hydrogens (tertiary/aromatic N) is 1. The van der Waals surface area contributed by atoms with E-state index < -0.39 is 0 Å². The lowest BCUT2D eigenvalue weighted by Gasteiger charge is -2.22. The lowest BCUT2D eigenvalue weighted by atomic mass is 10.1. The molecule has 96 valence electrons. The first-order valence-electron chi connectivity index (χ1n) is 6.17. The Hall–Kier alpha value is -0.970. The second-order valence-electron chi connectivity index (χ2n) is 4.45. The summed E-state index contributed by atoms with van der Waals surface area (Å²) in [7, 11) is 0. The first-order valence-corrected chi connectivity index (χ1v) is 6.17. The summed E-state index contributed by atoms with van der Waals surface area (Å²) in [6, 6.07) is 4.54. The van der Waals surface area contributed by atoms with Crippen molar-refractivity contribution < 1.29 is 5.11 Å². The summed E-state index contributed by atoms with van der Waals surface area (Å²) in [4.78, 5) is 4.28. The molecule has 0 fully saturated rings. The van der Waals surface area contributed by atoms with Gasteiger partial charge in [-0.05, 0) is 38.3 Å². The number of rotatable bonds is 7. The molecule has 0 aliphatic heterocycles. The van der Waals surface area contributed by atoms with Gasteiger partial charge in [0.2, 0.25) is 0 Å². The van der Waals surface area contributed by atoms with Gasteiger partial charge in [-0.1, -0.05) is 6.07 Å². The van der Waals surface area contributed by atoms with Crippen LogP contribution in [-0.4, -0.2) is 29.3 Å². The monoisotopic (exact) mass is 237 g/mol. The van der Waals surface area contributed by atoms with Gasteiger partial charge >= 0.3 is 0 Å². The second kappa shape index (κ2) is 7.37. The molecule has 4 heteroatoms. The summed E-state index contributed by atoms with van der Waals surface area (Å²) in [6.45, 7) is 4.87. The van der Waals surface area contributed by atoms with Crippen LogP contribution >= 0.6 is 0 Å². The molecule has 4 N–H and O–H groups in total. The van der Waals surface area contributed by atoms with E-state index in [0.717, 1.165) is 24.1 Å². The number of hydrogen-bond acceptors (Lipinski definition) is 4. The number of hydrogen-bond donors (Lipinski definition) is 3. The van der Waals surface area contributed by atoms with Crippen LogP contribution in [-0.2, 0) is 0 Å². The highest BCUT2D eigenvalue weighted by Crippen LogP contribution is 2.12. The fraction of sp³-hybridized carbons (Fsp3) is 0.615. The van der Waals surface area contributed by atoms with E-state index in [1.807, 2.05) is 19.2 Å². The summed E-state index contributed by atoms with van der Waals surface area (Å²) in [5.74, 6) is 0. The zero-order valence-electron chi connectivity index (χ0n) is 10.7. The van der Waals surface area contributed by atoms with Crippen molar-refractivity contribution >= 4 is 0 Å². The van der Waals surface area contributed by atoms with Gasteiger partial charge in [0, 0.05) is 37.1 Å². The third-order valence-corrected chi connectivity index (χ3v) is 2.85. The topological polar surface area (TPSA) is 71.2 Å². The van der Waals surface area contributed by atoms with E-state index in [1.165, 1.54) is 0 Å². The molecule has 1 aromatic heterocycles. The number of nitrogens with one attached hydrogen (secondary N) is 1. The third-order valence-electron chi connectivity index (χ3n) is 2.85. The van der Waals surface area contributed by atoms with Gasteiger partial charge in [0.25, 0.3) is 0 Å². The molecule has 0 aliphatic rings. The van der Waals surface area contributed by atoms with E-state index in [4.69, 9.17) is 10.8 Å². The Balaban J connectivity index is 2.56. The van der Waals surface area contributed by atoms with E-state index in [2.05, 4.69) is 23.3 Å². The molecule has 1 heterocycles. The summed E-state index contributed by atoms with van der Waals surface area (Å²) in [6.07, 6.45) is 3.64. The first-order chi connectivity index (χ1) is 8.17. The average molecular weight is 237 g/mol. The smallest absolute Gasteiger partial charge is 0.0461 e. The SMILES string of the molecule is Cc1ccc(C(CN)NC(C)CCCO)cn1. The van der Waals surface area contributed by atoms with Gasteiger partial charge in [0.1, 0.15) is 0 Å². The summed E-state index contributed by atoms with van der Waals surface area (Å²) >= 11 is 0. The van der Waals surface area contributed by atoms with Crippen LogP contribution in [0.2, 0.25) is 0 Å². The zero-order chi connectivity index (χ0) is 12.7. The summed E-state index contributed by atoms with van der Waals surface area (Å²) in [5, 5.41) is 12.3. The van der Waals surface area contributed by atoms with Crippen molar-refractivity contribution in [3.63, 3.8) is 0 Å². The van der Waals surface area contributed by atoms with Gasteiger partial charge in [-0.2, -0.15) is 0 Å². The highest BCUT2D eigenvalue weighted by atomic mass is 16.2. The Labute approximate surface area is 103 Å². The lowest BCUT2D eigenvalue weighted by molar-refractivity contribution is 0.274. The maximum absolute atomic E-state index is 8.79. The number of aryl methyl sites for hydroxylation is 1. The van der Waals surface area contributed by atoms with Crippen LogP contribution in [0.25, 0.3) is 0 Å². The molecule has 2 atom stereocenters. The van der Waals surface area contributed by atoms with Crippen molar-refractivity contribution in [2.45, 2.75) is 38.8 Å². The van der Waals surface area contributed by atoms with Crippen LogP contribution in [0.3, 0.4) is 0 Å².